The molecule has 0 amide bonds. The monoisotopic (exact) mass is 205 g/mol. The first kappa shape index (κ1) is 10.6. The Morgan fingerprint density at radius 3 is 3.00 bits per heavy atom. The van der Waals surface area contributed by atoms with Gasteiger partial charge in [0.2, 0.25) is 0 Å². The van der Waals surface area contributed by atoms with Crippen LogP contribution in [-0.4, -0.2) is 16.5 Å². The third-order valence-corrected chi connectivity index (χ3v) is 3.37. The molecule has 1 fully saturated rings. The third kappa shape index (κ3) is 2.99. The number of nitrogens with zero attached hydrogens (tertiary/aromatic N) is 2. The van der Waals surface area contributed by atoms with Crippen molar-refractivity contribution in [3.63, 3.8) is 0 Å². The number of hydrogen-bond donors (Lipinski definition) is 1. The maximum atomic E-state index is 4.24. The summed E-state index contributed by atoms with van der Waals surface area (Å²) >= 11 is 0. The van der Waals surface area contributed by atoms with E-state index in [4.69, 9.17) is 0 Å². The van der Waals surface area contributed by atoms with Gasteiger partial charge in [-0.3, -0.25) is 9.97 Å². The van der Waals surface area contributed by atoms with E-state index in [2.05, 4.69) is 22.2 Å². The summed E-state index contributed by atoms with van der Waals surface area (Å²) in [5.41, 5.74) is 1.03. The van der Waals surface area contributed by atoms with Gasteiger partial charge in [0.05, 0.1) is 5.69 Å². The normalized spacial score (nSPS) is 25.7. The lowest BCUT2D eigenvalue weighted by molar-refractivity contribution is 0.391. The zero-order chi connectivity index (χ0) is 10.5. The van der Waals surface area contributed by atoms with E-state index < -0.39 is 0 Å². The molecule has 1 saturated carbocycles. The molecule has 0 bridgehead atoms. The molecule has 0 radical (unpaired) electrons. The molecule has 1 aromatic rings. The quantitative estimate of drug-likeness (QED) is 0.817. The van der Waals surface area contributed by atoms with Gasteiger partial charge in [-0.15, -0.1) is 0 Å². The van der Waals surface area contributed by atoms with E-state index in [9.17, 15) is 0 Å². The first-order valence-electron chi connectivity index (χ1n) is 5.82. The molecule has 0 saturated heterocycles. The van der Waals surface area contributed by atoms with Crippen molar-refractivity contribution in [2.75, 3.05) is 6.54 Å². The molecule has 1 heterocycles. The SMILES string of the molecule is CC1CCCC1CNCc1cnccn1. The molecule has 0 aromatic carbocycles. The van der Waals surface area contributed by atoms with E-state index in [1.807, 2.05) is 6.20 Å². The molecule has 1 aromatic heterocycles. The summed E-state index contributed by atoms with van der Waals surface area (Å²) in [6.45, 7) is 4.33. The minimum Gasteiger partial charge on any atom is -0.311 e. The lowest BCUT2D eigenvalue weighted by atomic mass is 9.98. The molecule has 15 heavy (non-hydrogen) atoms. The van der Waals surface area contributed by atoms with Crippen LogP contribution in [0.4, 0.5) is 0 Å². The van der Waals surface area contributed by atoms with Crippen LogP contribution in [0.25, 0.3) is 0 Å². The van der Waals surface area contributed by atoms with Gasteiger partial charge >= 0.3 is 0 Å². The van der Waals surface area contributed by atoms with Crippen molar-refractivity contribution < 1.29 is 0 Å². The van der Waals surface area contributed by atoms with Crippen LogP contribution in [0.5, 0.6) is 0 Å². The number of aromatic nitrogens is 2. The van der Waals surface area contributed by atoms with Crippen LogP contribution in [0.1, 0.15) is 31.9 Å². The second kappa shape index (κ2) is 5.21. The van der Waals surface area contributed by atoms with E-state index in [1.54, 1.807) is 12.4 Å². The Morgan fingerprint density at radius 2 is 2.33 bits per heavy atom. The largest absolute Gasteiger partial charge is 0.311 e. The second-order valence-corrected chi connectivity index (χ2v) is 4.50. The summed E-state index contributed by atoms with van der Waals surface area (Å²) in [5, 5.41) is 3.47. The fourth-order valence-corrected chi connectivity index (χ4v) is 2.33. The molecule has 1 aliphatic rings. The minimum atomic E-state index is 0.844. The van der Waals surface area contributed by atoms with Crippen LogP contribution in [0.2, 0.25) is 0 Å². The fraction of sp³-hybridized carbons (Fsp3) is 0.667. The zero-order valence-electron chi connectivity index (χ0n) is 9.32. The Morgan fingerprint density at radius 1 is 1.40 bits per heavy atom. The maximum absolute atomic E-state index is 4.24. The number of rotatable bonds is 4. The van der Waals surface area contributed by atoms with Gasteiger partial charge in [-0.1, -0.05) is 19.8 Å². The van der Waals surface area contributed by atoms with Gasteiger partial charge in [0.15, 0.2) is 0 Å². The van der Waals surface area contributed by atoms with Crippen molar-refractivity contribution in [3.05, 3.63) is 24.3 Å². The Labute approximate surface area is 91.3 Å². The van der Waals surface area contributed by atoms with E-state index in [0.29, 0.717) is 0 Å². The Bertz CT molecular complexity index is 286. The van der Waals surface area contributed by atoms with Crippen LogP contribution in [0.3, 0.4) is 0 Å². The lowest BCUT2D eigenvalue weighted by Crippen LogP contribution is -2.24. The molecule has 2 atom stereocenters. The van der Waals surface area contributed by atoms with Crippen molar-refractivity contribution in [1.29, 1.82) is 0 Å². The van der Waals surface area contributed by atoms with E-state index in [0.717, 1.165) is 30.6 Å². The first-order valence-corrected chi connectivity index (χ1v) is 5.82. The highest BCUT2D eigenvalue weighted by molar-refractivity contribution is 4.93. The Balaban J connectivity index is 1.71. The molecular formula is C12H19N3. The lowest BCUT2D eigenvalue weighted by Gasteiger charge is -2.15. The average Bonchev–Trinajstić information content (AvgIpc) is 2.66. The standard InChI is InChI=1S/C12H19N3/c1-10-3-2-4-11(10)7-14-9-12-8-13-5-6-15-12/h5-6,8,10-11,14H,2-4,7,9H2,1H3. The van der Waals surface area contributed by atoms with E-state index >= 15 is 0 Å². The van der Waals surface area contributed by atoms with Crippen LogP contribution in [0, 0.1) is 11.8 Å². The predicted molar refractivity (Wildman–Crippen MR) is 60.2 cm³/mol. The molecule has 2 rings (SSSR count). The Kier molecular flexibility index (Phi) is 3.67. The maximum Gasteiger partial charge on any atom is 0.0724 e. The molecule has 0 aliphatic heterocycles. The topological polar surface area (TPSA) is 37.8 Å². The van der Waals surface area contributed by atoms with Gasteiger partial charge < -0.3 is 5.32 Å². The van der Waals surface area contributed by atoms with Crippen molar-refractivity contribution in [3.8, 4) is 0 Å². The smallest absolute Gasteiger partial charge is 0.0724 e. The van der Waals surface area contributed by atoms with Gasteiger partial charge in [0.1, 0.15) is 0 Å². The summed E-state index contributed by atoms with van der Waals surface area (Å²) in [6.07, 6.45) is 9.47. The predicted octanol–water partition coefficient (Wildman–Crippen LogP) is 2.00. The molecular weight excluding hydrogens is 186 g/mol. The third-order valence-electron chi connectivity index (χ3n) is 3.37. The van der Waals surface area contributed by atoms with Crippen molar-refractivity contribution in [2.24, 2.45) is 11.8 Å². The number of nitrogens with one attached hydrogen (secondary N) is 1. The molecule has 0 spiro atoms. The second-order valence-electron chi connectivity index (χ2n) is 4.50. The highest BCUT2D eigenvalue weighted by atomic mass is 14.9. The molecule has 1 N–H and O–H groups in total. The summed E-state index contributed by atoms with van der Waals surface area (Å²) in [4.78, 5) is 8.28. The van der Waals surface area contributed by atoms with Gasteiger partial charge in [0, 0.05) is 25.1 Å². The highest BCUT2D eigenvalue weighted by Crippen LogP contribution is 2.30. The highest BCUT2D eigenvalue weighted by Gasteiger charge is 2.22. The van der Waals surface area contributed by atoms with Crippen molar-refractivity contribution in [2.45, 2.75) is 32.7 Å². The molecule has 1 aliphatic carbocycles. The van der Waals surface area contributed by atoms with E-state index in [-0.39, 0.29) is 0 Å². The summed E-state index contributed by atoms with van der Waals surface area (Å²) in [5.74, 6) is 1.75. The molecule has 82 valence electrons. The first-order chi connectivity index (χ1) is 7.36. The van der Waals surface area contributed by atoms with Crippen LogP contribution in [0.15, 0.2) is 18.6 Å². The summed E-state index contributed by atoms with van der Waals surface area (Å²) < 4.78 is 0. The van der Waals surface area contributed by atoms with Crippen molar-refractivity contribution in [1.82, 2.24) is 15.3 Å². The van der Waals surface area contributed by atoms with Gasteiger partial charge in [-0.2, -0.15) is 0 Å². The summed E-state index contributed by atoms with van der Waals surface area (Å²) in [7, 11) is 0. The molecule has 2 unspecified atom stereocenters. The van der Waals surface area contributed by atoms with E-state index in [1.165, 1.54) is 19.3 Å². The molecule has 3 nitrogen and oxygen atoms in total. The zero-order valence-corrected chi connectivity index (χ0v) is 9.32. The fourth-order valence-electron chi connectivity index (χ4n) is 2.33. The summed E-state index contributed by atoms with van der Waals surface area (Å²) in [6, 6.07) is 0. The van der Waals surface area contributed by atoms with Crippen LogP contribution >= 0.6 is 0 Å². The molecule has 3 heteroatoms. The number of hydrogen-bond acceptors (Lipinski definition) is 3. The van der Waals surface area contributed by atoms with Crippen LogP contribution in [-0.2, 0) is 6.54 Å². The van der Waals surface area contributed by atoms with Gasteiger partial charge in [-0.05, 0) is 24.8 Å². The van der Waals surface area contributed by atoms with Gasteiger partial charge in [-0.25, -0.2) is 0 Å². The van der Waals surface area contributed by atoms with Crippen molar-refractivity contribution >= 4 is 0 Å². The minimum absolute atomic E-state index is 0.844. The van der Waals surface area contributed by atoms with Crippen LogP contribution < -0.4 is 5.32 Å². The van der Waals surface area contributed by atoms with Gasteiger partial charge in [0.25, 0.3) is 0 Å². The Hall–Kier alpha value is -0.960. The average molecular weight is 205 g/mol.